The number of rotatable bonds is 5. The van der Waals surface area contributed by atoms with Gasteiger partial charge < -0.3 is 9.84 Å². The van der Waals surface area contributed by atoms with Gasteiger partial charge in [0.2, 0.25) is 0 Å². The lowest BCUT2D eigenvalue weighted by atomic mass is 9.86. The SMILES string of the molecule is CC(C)C(CC(=O)O)c1ccc(OC(C)(C)C)cc1. The maximum absolute atomic E-state index is 10.9. The third-order valence-electron chi connectivity index (χ3n) is 2.93. The Bertz CT molecular complexity index is 413. The number of carboxylic acids is 1. The van der Waals surface area contributed by atoms with Crippen LogP contribution in [0, 0.1) is 5.92 Å². The summed E-state index contributed by atoms with van der Waals surface area (Å²) in [5.74, 6) is 0.398. The van der Waals surface area contributed by atoms with Gasteiger partial charge in [0, 0.05) is 0 Å². The molecule has 1 rings (SSSR count). The van der Waals surface area contributed by atoms with E-state index >= 15 is 0 Å². The summed E-state index contributed by atoms with van der Waals surface area (Å²) in [6.45, 7) is 10.1. The molecule has 1 atom stereocenters. The van der Waals surface area contributed by atoms with E-state index in [-0.39, 0.29) is 17.9 Å². The summed E-state index contributed by atoms with van der Waals surface area (Å²) < 4.78 is 5.76. The second-order valence-electron chi connectivity index (χ2n) is 6.23. The quantitative estimate of drug-likeness (QED) is 0.871. The van der Waals surface area contributed by atoms with Crippen LogP contribution in [0.2, 0.25) is 0 Å². The predicted molar refractivity (Wildman–Crippen MR) is 76.7 cm³/mol. The van der Waals surface area contributed by atoms with Crippen LogP contribution in [0.15, 0.2) is 24.3 Å². The van der Waals surface area contributed by atoms with Crippen molar-refractivity contribution >= 4 is 5.97 Å². The first kappa shape index (κ1) is 15.5. The Balaban J connectivity index is 2.86. The van der Waals surface area contributed by atoms with E-state index in [1.54, 1.807) is 0 Å². The molecular formula is C16H24O3. The van der Waals surface area contributed by atoms with Gasteiger partial charge in [-0.3, -0.25) is 4.79 Å². The van der Waals surface area contributed by atoms with Crippen LogP contribution in [-0.4, -0.2) is 16.7 Å². The Morgan fingerprint density at radius 2 is 1.74 bits per heavy atom. The van der Waals surface area contributed by atoms with E-state index in [0.29, 0.717) is 5.92 Å². The largest absolute Gasteiger partial charge is 0.488 e. The lowest BCUT2D eigenvalue weighted by Crippen LogP contribution is -2.22. The minimum absolute atomic E-state index is 0.0428. The first-order valence-electron chi connectivity index (χ1n) is 6.70. The van der Waals surface area contributed by atoms with Gasteiger partial charge in [-0.1, -0.05) is 26.0 Å². The topological polar surface area (TPSA) is 46.5 Å². The van der Waals surface area contributed by atoms with Gasteiger partial charge >= 0.3 is 5.97 Å². The molecule has 1 unspecified atom stereocenters. The van der Waals surface area contributed by atoms with Crippen molar-refractivity contribution in [3.63, 3.8) is 0 Å². The molecule has 0 aliphatic carbocycles. The van der Waals surface area contributed by atoms with Crippen molar-refractivity contribution in [2.24, 2.45) is 5.92 Å². The number of benzene rings is 1. The molecule has 0 amide bonds. The van der Waals surface area contributed by atoms with Gasteiger partial charge in [-0.25, -0.2) is 0 Å². The molecule has 19 heavy (non-hydrogen) atoms. The second-order valence-corrected chi connectivity index (χ2v) is 6.23. The third-order valence-corrected chi connectivity index (χ3v) is 2.93. The van der Waals surface area contributed by atoms with Crippen LogP contribution in [0.1, 0.15) is 52.5 Å². The van der Waals surface area contributed by atoms with Crippen molar-refractivity contribution in [3.05, 3.63) is 29.8 Å². The van der Waals surface area contributed by atoms with Crippen LogP contribution >= 0.6 is 0 Å². The summed E-state index contributed by atoms with van der Waals surface area (Å²) in [6.07, 6.45) is 0.164. The van der Waals surface area contributed by atoms with Crippen LogP contribution in [0.25, 0.3) is 0 Å². The molecule has 0 heterocycles. The van der Waals surface area contributed by atoms with Crippen LogP contribution in [0.5, 0.6) is 5.75 Å². The molecule has 0 fully saturated rings. The molecule has 0 saturated heterocycles. The molecule has 0 aromatic heterocycles. The van der Waals surface area contributed by atoms with Gasteiger partial charge in [0.15, 0.2) is 0 Å². The summed E-state index contributed by atoms with van der Waals surface area (Å²) in [7, 11) is 0. The molecule has 0 bridgehead atoms. The minimum atomic E-state index is -0.756. The molecule has 0 aliphatic heterocycles. The molecule has 1 N–H and O–H groups in total. The summed E-state index contributed by atoms with van der Waals surface area (Å²) in [5.41, 5.74) is 0.832. The number of carbonyl (C=O) groups is 1. The van der Waals surface area contributed by atoms with E-state index in [1.807, 2.05) is 58.9 Å². The first-order valence-corrected chi connectivity index (χ1v) is 6.70. The summed E-state index contributed by atoms with van der Waals surface area (Å²) in [4.78, 5) is 10.9. The molecule has 3 heteroatoms. The van der Waals surface area contributed by atoms with Gasteiger partial charge in [-0.05, 0) is 50.3 Å². The molecule has 0 radical (unpaired) electrons. The second kappa shape index (κ2) is 6.09. The first-order chi connectivity index (χ1) is 8.69. The third kappa shape index (κ3) is 5.33. The Hall–Kier alpha value is -1.51. The minimum Gasteiger partial charge on any atom is -0.488 e. The van der Waals surface area contributed by atoms with Gasteiger partial charge in [0.1, 0.15) is 11.4 Å². The monoisotopic (exact) mass is 264 g/mol. The van der Waals surface area contributed by atoms with Crippen molar-refractivity contribution in [2.75, 3.05) is 0 Å². The van der Waals surface area contributed by atoms with E-state index in [4.69, 9.17) is 9.84 Å². The highest BCUT2D eigenvalue weighted by Gasteiger charge is 2.19. The van der Waals surface area contributed by atoms with Crippen molar-refractivity contribution in [1.82, 2.24) is 0 Å². The highest BCUT2D eigenvalue weighted by atomic mass is 16.5. The predicted octanol–water partition coefficient (Wildman–Crippen LogP) is 4.08. The fourth-order valence-electron chi connectivity index (χ4n) is 2.06. The number of ether oxygens (including phenoxy) is 1. The van der Waals surface area contributed by atoms with Crippen molar-refractivity contribution in [3.8, 4) is 5.75 Å². The summed E-state index contributed by atoms with van der Waals surface area (Å²) >= 11 is 0. The zero-order chi connectivity index (χ0) is 14.6. The fourth-order valence-corrected chi connectivity index (χ4v) is 2.06. The van der Waals surface area contributed by atoms with Crippen molar-refractivity contribution < 1.29 is 14.6 Å². The number of hydrogen-bond donors (Lipinski definition) is 1. The van der Waals surface area contributed by atoms with Crippen LogP contribution in [0.4, 0.5) is 0 Å². The molecule has 0 aliphatic rings. The smallest absolute Gasteiger partial charge is 0.303 e. The van der Waals surface area contributed by atoms with Crippen molar-refractivity contribution in [1.29, 1.82) is 0 Å². The number of aliphatic carboxylic acids is 1. The van der Waals surface area contributed by atoms with Gasteiger partial charge in [0.25, 0.3) is 0 Å². The van der Waals surface area contributed by atoms with Crippen LogP contribution in [-0.2, 0) is 4.79 Å². The van der Waals surface area contributed by atoms with E-state index in [1.165, 1.54) is 0 Å². The van der Waals surface area contributed by atoms with E-state index < -0.39 is 5.97 Å². The standard InChI is InChI=1S/C16H24O3/c1-11(2)14(10-15(17)18)12-6-8-13(9-7-12)19-16(3,4)5/h6-9,11,14H,10H2,1-5H3,(H,17,18). The molecule has 1 aromatic carbocycles. The van der Waals surface area contributed by atoms with E-state index in [2.05, 4.69) is 0 Å². The van der Waals surface area contributed by atoms with E-state index in [9.17, 15) is 4.79 Å². The molecule has 0 spiro atoms. The maximum atomic E-state index is 10.9. The van der Waals surface area contributed by atoms with Gasteiger partial charge in [0.05, 0.1) is 6.42 Å². The Morgan fingerprint density at radius 3 is 2.11 bits per heavy atom. The molecule has 0 saturated carbocycles. The fraction of sp³-hybridized carbons (Fsp3) is 0.562. The summed E-state index contributed by atoms with van der Waals surface area (Å²) in [6, 6.07) is 7.76. The average molecular weight is 264 g/mol. The average Bonchev–Trinajstić information content (AvgIpc) is 2.24. The van der Waals surface area contributed by atoms with E-state index in [0.717, 1.165) is 11.3 Å². The van der Waals surface area contributed by atoms with Gasteiger partial charge in [-0.15, -0.1) is 0 Å². The zero-order valence-corrected chi connectivity index (χ0v) is 12.4. The highest BCUT2D eigenvalue weighted by molar-refractivity contribution is 5.68. The Kier molecular flexibility index (Phi) is 4.98. The number of carboxylic acid groups (broad SMARTS) is 1. The lowest BCUT2D eigenvalue weighted by molar-refractivity contribution is -0.137. The zero-order valence-electron chi connectivity index (χ0n) is 12.4. The number of hydrogen-bond acceptors (Lipinski definition) is 2. The van der Waals surface area contributed by atoms with Gasteiger partial charge in [-0.2, -0.15) is 0 Å². The Labute approximate surface area is 115 Å². The summed E-state index contributed by atoms with van der Waals surface area (Å²) in [5, 5.41) is 8.98. The van der Waals surface area contributed by atoms with Crippen LogP contribution in [0.3, 0.4) is 0 Å². The Morgan fingerprint density at radius 1 is 1.21 bits per heavy atom. The normalized spacial score (nSPS) is 13.4. The van der Waals surface area contributed by atoms with Crippen LogP contribution < -0.4 is 4.74 Å². The maximum Gasteiger partial charge on any atom is 0.303 e. The van der Waals surface area contributed by atoms with Crippen molar-refractivity contribution in [2.45, 2.75) is 52.6 Å². The lowest BCUT2D eigenvalue weighted by Gasteiger charge is -2.23. The molecule has 106 valence electrons. The highest BCUT2D eigenvalue weighted by Crippen LogP contribution is 2.29. The molecule has 3 nitrogen and oxygen atoms in total. The molecule has 1 aromatic rings. The molecular weight excluding hydrogens is 240 g/mol.